The largest absolute Gasteiger partial charge is 0.337 e. The Kier molecular flexibility index (Phi) is 5.44. The molecule has 1 saturated heterocycles. The van der Waals surface area contributed by atoms with Crippen LogP contribution in [-0.2, 0) is 0 Å². The molecule has 0 spiro atoms. The molecule has 1 heterocycles. The second-order valence-corrected chi connectivity index (χ2v) is 7.89. The molecule has 2 amide bonds. The summed E-state index contributed by atoms with van der Waals surface area (Å²) in [4.78, 5) is 29.7. The van der Waals surface area contributed by atoms with E-state index < -0.39 is 0 Å². The number of benzene rings is 3. The number of fused-ring (bicyclic) bond motifs is 1. The van der Waals surface area contributed by atoms with Crippen molar-refractivity contribution in [2.75, 3.05) is 26.2 Å². The number of hydrogen-bond acceptors (Lipinski definition) is 2. The molecule has 0 N–H and O–H groups in total. The molecule has 4 rings (SSSR count). The SMILES string of the molecule is O=C(c1cccc(Br)c1)N1CCCN(C(=O)c2cccc3ccccc23)CC1. The summed E-state index contributed by atoms with van der Waals surface area (Å²) < 4.78 is 0.890. The number of amides is 2. The van der Waals surface area contributed by atoms with Crippen LogP contribution in [-0.4, -0.2) is 47.8 Å². The number of halogens is 1. The van der Waals surface area contributed by atoms with E-state index in [1.54, 1.807) is 0 Å². The van der Waals surface area contributed by atoms with Gasteiger partial charge in [0.15, 0.2) is 0 Å². The quantitative estimate of drug-likeness (QED) is 0.589. The van der Waals surface area contributed by atoms with E-state index in [0.717, 1.165) is 27.2 Å². The normalized spacial score (nSPS) is 14.8. The minimum atomic E-state index is 0.0146. The first-order valence-electron chi connectivity index (χ1n) is 9.45. The molecule has 1 fully saturated rings. The van der Waals surface area contributed by atoms with Gasteiger partial charge in [0.1, 0.15) is 0 Å². The summed E-state index contributed by atoms with van der Waals surface area (Å²) in [6.45, 7) is 2.40. The Morgan fingerprint density at radius 1 is 0.750 bits per heavy atom. The zero-order valence-electron chi connectivity index (χ0n) is 15.5. The first-order chi connectivity index (χ1) is 13.6. The molecule has 0 atom stereocenters. The third-order valence-electron chi connectivity index (χ3n) is 5.16. The summed E-state index contributed by atoms with van der Waals surface area (Å²) in [6, 6.07) is 21.2. The van der Waals surface area contributed by atoms with Crippen LogP contribution in [0.3, 0.4) is 0 Å². The molecule has 1 aliphatic rings. The van der Waals surface area contributed by atoms with E-state index in [-0.39, 0.29) is 11.8 Å². The second-order valence-electron chi connectivity index (χ2n) is 6.98. The fourth-order valence-corrected chi connectivity index (χ4v) is 4.11. The molecule has 4 nitrogen and oxygen atoms in total. The third-order valence-corrected chi connectivity index (χ3v) is 5.66. The van der Waals surface area contributed by atoms with Crippen molar-refractivity contribution in [2.45, 2.75) is 6.42 Å². The van der Waals surface area contributed by atoms with Gasteiger partial charge in [-0.1, -0.05) is 58.4 Å². The van der Waals surface area contributed by atoms with Crippen molar-refractivity contribution in [3.63, 3.8) is 0 Å². The number of rotatable bonds is 2. The molecule has 1 aliphatic heterocycles. The summed E-state index contributed by atoms with van der Waals surface area (Å²) >= 11 is 3.42. The van der Waals surface area contributed by atoms with Crippen LogP contribution in [0.25, 0.3) is 10.8 Å². The number of carbonyl (C=O) groups is 2. The average Bonchev–Trinajstić information content (AvgIpc) is 2.98. The molecule has 0 aromatic heterocycles. The minimum Gasteiger partial charge on any atom is -0.337 e. The van der Waals surface area contributed by atoms with Gasteiger partial charge in [-0.15, -0.1) is 0 Å². The van der Waals surface area contributed by atoms with E-state index in [2.05, 4.69) is 15.9 Å². The first kappa shape index (κ1) is 18.7. The lowest BCUT2D eigenvalue weighted by molar-refractivity contribution is 0.0719. The molecular formula is C23H21BrN2O2. The second kappa shape index (κ2) is 8.15. The van der Waals surface area contributed by atoms with Crippen molar-refractivity contribution in [3.05, 3.63) is 82.3 Å². The Morgan fingerprint density at radius 3 is 2.21 bits per heavy atom. The van der Waals surface area contributed by atoms with E-state index in [1.165, 1.54) is 0 Å². The highest BCUT2D eigenvalue weighted by atomic mass is 79.9. The Bertz CT molecular complexity index is 1030. The van der Waals surface area contributed by atoms with Crippen LogP contribution < -0.4 is 0 Å². The summed E-state index contributed by atoms with van der Waals surface area (Å²) in [5.41, 5.74) is 1.40. The maximum Gasteiger partial charge on any atom is 0.254 e. The molecule has 3 aromatic rings. The highest BCUT2D eigenvalue weighted by molar-refractivity contribution is 9.10. The predicted octanol–water partition coefficient (Wildman–Crippen LogP) is 4.59. The van der Waals surface area contributed by atoms with E-state index in [0.29, 0.717) is 31.7 Å². The molecule has 0 saturated carbocycles. The van der Waals surface area contributed by atoms with Gasteiger partial charge in [0.05, 0.1) is 0 Å². The Hall–Kier alpha value is -2.66. The van der Waals surface area contributed by atoms with Gasteiger partial charge in [-0.3, -0.25) is 9.59 Å². The van der Waals surface area contributed by atoms with E-state index >= 15 is 0 Å². The maximum absolute atomic E-state index is 13.2. The van der Waals surface area contributed by atoms with Gasteiger partial charge in [0.25, 0.3) is 11.8 Å². The molecule has 0 bridgehead atoms. The van der Waals surface area contributed by atoms with Crippen LogP contribution in [0, 0.1) is 0 Å². The van der Waals surface area contributed by atoms with Gasteiger partial charge in [-0.25, -0.2) is 0 Å². The molecule has 0 aliphatic carbocycles. The summed E-state index contributed by atoms with van der Waals surface area (Å²) in [7, 11) is 0. The highest BCUT2D eigenvalue weighted by Gasteiger charge is 2.24. The van der Waals surface area contributed by atoms with Crippen LogP contribution in [0.5, 0.6) is 0 Å². The fraction of sp³-hybridized carbons (Fsp3) is 0.217. The van der Waals surface area contributed by atoms with Gasteiger partial charge < -0.3 is 9.80 Å². The lowest BCUT2D eigenvalue weighted by Crippen LogP contribution is -2.37. The molecule has 0 radical (unpaired) electrons. The average molecular weight is 437 g/mol. The van der Waals surface area contributed by atoms with Crippen molar-refractivity contribution < 1.29 is 9.59 Å². The molecule has 28 heavy (non-hydrogen) atoms. The van der Waals surface area contributed by atoms with Gasteiger partial charge >= 0.3 is 0 Å². The maximum atomic E-state index is 13.2. The number of hydrogen-bond donors (Lipinski definition) is 0. The Balaban J connectivity index is 1.51. The highest BCUT2D eigenvalue weighted by Crippen LogP contribution is 2.21. The van der Waals surface area contributed by atoms with Crippen molar-refractivity contribution in [1.29, 1.82) is 0 Å². The monoisotopic (exact) mass is 436 g/mol. The van der Waals surface area contributed by atoms with Crippen LogP contribution in [0.1, 0.15) is 27.1 Å². The van der Waals surface area contributed by atoms with E-state index in [1.807, 2.05) is 76.5 Å². The van der Waals surface area contributed by atoms with Crippen LogP contribution in [0.15, 0.2) is 71.2 Å². The number of carbonyl (C=O) groups excluding carboxylic acids is 2. The number of nitrogens with zero attached hydrogens (tertiary/aromatic N) is 2. The minimum absolute atomic E-state index is 0.0146. The topological polar surface area (TPSA) is 40.6 Å². The first-order valence-corrected chi connectivity index (χ1v) is 10.2. The lowest BCUT2D eigenvalue weighted by atomic mass is 10.0. The zero-order chi connectivity index (χ0) is 19.5. The molecular weight excluding hydrogens is 416 g/mol. The van der Waals surface area contributed by atoms with Crippen molar-refractivity contribution in [1.82, 2.24) is 9.80 Å². The van der Waals surface area contributed by atoms with Crippen molar-refractivity contribution in [3.8, 4) is 0 Å². The predicted molar refractivity (Wildman–Crippen MR) is 115 cm³/mol. The molecule has 3 aromatic carbocycles. The van der Waals surface area contributed by atoms with Crippen molar-refractivity contribution >= 4 is 38.5 Å². The molecule has 0 unspecified atom stereocenters. The summed E-state index contributed by atoms with van der Waals surface area (Å²) in [5, 5.41) is 2.04. The van der Waals surface area contributed by atoms with Crippen LogP contribution in [0.4, 0.5) is 0 Å². The standard InChI is InChI=1S/C23H21BrN2O2/c24-19-9-3-8-18(16-19)22(27)25-12-5-13-26(15-14-25)23(28)21-11-4-7-17-6-1-2-10-20(17)21/h1-4,6-11,16H,5,12-15H2. The summed E-state index contributed by atoms with van der Waals surface area (Å²) in [5.74, 6) is 0.0503. The Morgan fingerprint density at radius 2 is 1.43 bits per heavy atom. The summed E-state index contributed by atoms with van der Waals surface area (Å²) in [6.07, 6.45) is 0.774. The van der Waals surface area contributed by atoms with Crippen LogP contribution >= 0.6 is 15.9 Å². The molecule has 142 valence electrons. The van der Waals surface area contributed by atoms with Gasteiger partial charge in [-0.05, 0) is 41.5 Å². The smallest absolute Gasteiger partial charge is 0.254 e. The Labute approximate surface area is 172 Å². The molecule has 5 heteroatoms. The zero-order valence-corrected chi connectivity index (χ0v) is 17.1. The van der Waals surface area contributed by atoms with Crippen LogP contribution in [0.2, 0.25) is 0 Å². The van der Waals surface area contributed by atoms with E-state index in [9.17, 15) is 9.59 Å². The van der Waals surface area contributed by atoms with Gasteiger partial charge in [-0.2, -0.15) is 0 Å². The lowest BCUT2D eigenvalue weighted by Gasteiger charge is -2.23. The van der Waals surface area contributed by atoms with Gasteiger partial charge in [0, 0.05) is 41.8 Å². The fourth-order valence-electron chi connectivity index (χ4n) is 3.71. The van der Waals surface area contributed by atoms with E-state index in [4.69, 9.17) is 0 Å². The van der Waals surface area contributed by atoms with Crippen molar-refractivity contribution in [2.24, 2.45) is 0 Å². The third kappa shape index (κ3) is 3.80. The van der Waals surface area contributed by atoms with Gasteiger partial charge in [0.2, 0.25) is 0 Å².